The Kier molecular flexibility index (Phi) is 6.41. The maximum Gasteiger partial charge on any atom is 0.417 e. The van der Waals surface area contributed by atoms with Gasteiger partial charge in [0.15, 0.2) is 0 Å². The van der Waals surface area contributed by atoms with E-state index in [4.69, 9.17) is 4.74 Å². The number of likely N-dealkylation sites (tertiary alicyclic amines) is 1. The minimum atomic E-state index is -4.60. The number of hydrogen-bond donors (Lipinski definition) is 1. The van der Waals surface area contributed by atoms with Crippen molar-refractivity contribution in [3.05, 3.63) is 64.7 Å². The highest BCUT2D eigenvalue weighted by Gasteiger charge is 2.37. The Morgan fingerprint density at radius 1 is 1.10 bits per heavy atom. The van der Waals surface area contributed by atoms with E-state index in [1.165, 1.54) is 23.1 Å². The summed E-state index contributed by atoms with van der Waals surface area (Å²) >= 11 is 0. The average molecular weight is 421 g/mol. The smallest absolute Gasteiger partial charge is 0.417 e. The molecule has 0 aliphatic carbocycles. The molecular weight excluding hydrogens is 395 g/mol. The highest BCUT2D eigenvalue weighted by atomic mass is 19.4. The van der Waals surface area contributed by atoms with Crippen LogP contribution in [0.2, 0.25) is 0 Å². The van der Waals surface area contributed by atoms with Gasteiger partial charge in [-0.05, 0) is 68.5 Å². The highest BCUT2D eigenvalue weighted by Crippen LogP contribution is 2.33. The SMILES string of the molecule is Cc1ccc(OCC2(O)CCCN(C(=O)c3ccccc3C(F)(F)F)CC2)cc1C. The van der Waals surface area contributed by atoms with E-state index < -0.39 is 23.2 Å². The largest absolute Gasteiger partial charge is 0.491 e. The van der Waals surface area contributed by atoms with Gasteiger partial charge in [-0.25, -0.2) is 0 Å². The number of aryl methyl sites for hydroxylation is 2. The van der Waals surface area contributed by atoms with Crippen molar-refractivity contribution < 1.29 is 27.8 Å². The number of ether oxygens (including phenoxy) is 1. The fraction of sp³-hybridized carbons (Fsp3) is 0.435. The van der Waals surface area contributed by atoms with Crippen molar-refractivity contribution in [3.8, 4) is 5.75 Å². The molecule has 2 aromatic rings. The molecule has 1 fully saturated rings. The number of amides is 1. The lowest BCUT2D eigenvalue weighted by Crippen LogP contribution is -2.38. The molecule has 1 saturated heterocycles. The molecule has 1 aliphatic heterocycles. The Bertz CT molecular complexity index is 913. The standard InChI is InChI=1S/C23H26F3NO3/c1-16-8-9-18(14-17(16)2)30-15-22(29)10-5-12-27(13-11-22)21(28)19-6-3-4-7-20(19)23(24,25)26/h3-4,6-9,14,29H,5,10-13,15H2,1-2H3. The number of rotatable bonds is 4. The molecule has 30 heavy (non-hydrogen) atoms. The van der Waals surface area contributed by atoms with Crippen molar-refractivity contribution in [1.29, 1.82) is 0 Å². The van der Waals surface area contributed by atoms with Crippen LogP contribution in [0.15, 0.2) is 42.5 Å². The Balaban J connectivity index is 1.67. The van der Waals surface area contributed by atoms with Gasteiger partial charge in [-0.15, -0.1) is 0 Å². The zero-order valence-corrected chi connectivity index (χ0v) is 17.1. The van der Waals surface area contributed by atoms with Crippen LogP contribution in [0.25, 0.3) is 0 Å². The van der Waals surface area contributed by atoms with Gasteiger partial charge in [-0.2, -0.15) is 13.2 Å². The van der Waals surface area contributed by atoms with E-state index in [-0.39, 0.29) is 31.7 Å². The number of carbonyl (C=O) groups excluding carboxylic acids is 1. The van der Waals surface area contributed by atoms with Crippen LogP contribution in [0.4, 0.5) is 13.2 Å². The Labute approximate surface area is 174 Å². The van der Waals surface area contributed by atoms with E-state index in [0.717, 1.165) is 17.2 Å². The third-order valence-electron chi connectivity index (χ3n) is 5.65. The third-order valence-corrected chi connectivity index (χ3v) is 5.65. The van der Waals surface area contributed by atoms with Crippen molar-refractivity contribution in [2.45, 2.75) is 44.9 Å². The highest BCUT2D eigenvalue weighted by molar-refractivity contribution is 5.96. The van der Waals surface area contributed by atoms with E-state index in [0.29, 0.717) is 18.6 Å². The molecule has 1 heterocycles. The van der Waals surface area contributed by atoms with Crippen molar-refractivity contribution in [1.82, 2.24) is 4.90 Å². The van der Waals surface area contributed by atoms with Gasteiger partial charge in [-0.3, -0.25) is 4.79 Å². The summed E-state index contributed by atoms with van der Waals surface area (Å²) in [5.74, 6) is -0.00920. The monoisotopic (exact) mass is 421 g/mol. The summed E-state index contributed by atoms with van der Waals surface area (Å²) in [5.41, 5.74) is -0.212. The first-order chi connectivity index (χ1) is 14.1. The molecule has 2 aromatic carbocycles. The molecule has 0 bridgehead atoms. The second-order valence-electron chi connectivity index (χ2n) is 7.95. The molecule has 0 aromatic heterocycles. The molecule has 7 heteroatoms. The molecule has 0 radical (unpaired) electrons. The maximum absolute atomic E-state index is 13.3. The first-order valence-corrected chi connectivity index (χ1v) is 9.97. The predicted octanol–water partition coefficient (Wildman–Crippen LogP) is 4.76. The number of aliphatic hydroxyl groups is 1. The minimum absolute atomic E-state index is 0.0661. The zero-order chi connectivity index (χ0) is 21.9. The fourth-order valence-electron chi connectivity index (χ4n) is 3.63. The topological polar surface area (TPSA) is 49.8 Å². The van der Waals surface area contributed by atoms with Gasteiger partial charge in [-0.1, -0.05) is 18.2 Å². The molecule has 4 nitrogen and oxygen atoms in total. The van der Waals surface area contributed by atoms with E-state index >= 15 is 0 Å². The number of hydrogen-bond acceptors (Lipinski definition) is 3. The molecule has 1 N–H and O–H groups in total. The van der Waals surface area contributed by atoms with Crippen LogP contribution in [0.3, 0.4) is 0 Å². The number of alkyl halides is 3. The normalized spacial score (nSPS) is 20.0. The van der Waals surface area contributed by atoms with Crippen LogP contribution in [0.5, 0.6) is 5.75 Å². The summed E-state index contributed by atoms with van der Waals surface area (Å²) in [5, 5.41) is 10.9. The van der Waals surface area contributed by atoms with Gasteiger partial charge in [0.25, 0.3) is 5.91 Å². The molecular formula is C23H26F3NO3. The lowest BCUT2D eigenvalue weighted by molar-refractivity contribution is -0.138. The minimum Gasteiger partial charge on any atom is -0.491 e. The average Bonchev–Trinajstić information content (AvgIpc) is 2.90. The summed E-state index contributed by atoms with van der Waals surface area (Å²) in [6.45, 7) is 4.50. The molecule has 0 saturated carbocycles. The van der Waals surface area contributed by atoms with Gasteiger partial charge >= 0.3 is 6.18 Å². The quantitative estimate of drug-likeness (QED) is 0.775. The van der Waals surface area contributed by atoms with Crippen molar-refractivity contribution >= 4 is 5.91 Å². The fourth-order valence-corrected chi connectivity index (χ4v) is 3.63. The van der Waals surface area contributed by atoms with Gasteiger partial charge in [0.1, 0.15) is 18.0 Å². The van der Waals surface area contributed by atoms with Gasteiger partial charge in [0, 0.05) is 13.1 Å². The second-order valence-corrected chi connectivity index (χ2v) is 7.95. The Morgan fingerprint density at radius 3 is 2.53 bits per heavy atom. The molecule has 3 rings (SSSR count). The van der Waals surface area contributed by atoms with Crippen LogP contribution in [-0.4, -0.2) is 41.2 Å². The molecule has 1 aliphatic rings. The first kappa shape index (κ1) is 22.2. The van der Waals surface area contributed by atoms with Gasteiger partial charge in [0.05, 0.1) is 11.1 Å². The van der Waals surface area contributed by atoms with Crippen LogP contribution >= 0.6 is 0 Å². The molecule has 1 amide bonds. The van der Waals surface area contributed by atoms with Gasteiger partial charge in [0.2, 0.25) is 0 Å². The van der Waals surface area contributed by atoms with Crippen LogP contribution in [-0.2, 0) is 6.18 Å². The first-order valence-electron chi connectivity index (χ1n) is 9.97. The zero-order valence-electron chi connectivity index (χ0n) is 17.1. The van der Waals surface area contributed by atoms with Crippen LogP contribution in [0.1, 0.15) is 46.3 Å². The number of benzene rings is 2. The summed E-state index contributed by atoms with van der Waals surface area (Å²) in [6.07, 6.45) is -3.48. The Morgan fingerprint density at radius 2 is 1.83 bits per heavy atom. The number of nitrogens with zero attached hydrogens (tertiary/aromatic N) is 1. The molecule has 162 valence electrons. The van der Waals surface area contributed by atoms with E-state index in [1.54, 1.807) is 0 Å². The second kappa shape index (κ2) is 8.68. The summed E-state index contributed by atoms with van der Waals surface area (Å²) in [7, 11) is 0. The summed E-state index contributed by atoms with van der Waals surface area (Å²) < 4.78 is 45.6. The van der Waals surface area contributed by atoms with Gasteiger partial charge < -0.3 is 14.7 Å². The van der Waals surface area contributed by atoms with Crippen molar-refractivity contribution in [2.75, 3.05) is 19.7 Å². The van der Waals surface area contributed by atoms with Crippen LogP contribution in [0, 0.1) is 13.8 Å². The Hall–Kier alpha value is -2.54. The lowest BCUT2D eigenvalue weighted by Gasteiger charge is -2.27. The number of carbonyl (C=O) groups is 1. The van der Waals surface area contributed by atoms with Crippen molar-refractivity contribution in [3.63, 3.8) is 0 Å². The maximum atomic E-state index is 13.3. The molecule has 0 spiro atoms. The summed E-state index contributed by atoms with van der Waals surface area (Å²) in [6, 6.07) is 10.5. The third kappa shape index (κ3) is 5.14. The van der Waals surface area contributed by atoms with E-state index in [9.17, 15) is 23.1 Å². The molecule has 1 unspecified atom stereocenters. The van der Waals surface area contributed by atoms with E-state index in [1.807, 2.05) is 32.0 Å². The molecule has 1 atom stereocenters. The predicted molar refractivity (Wildman–Crippen MR) is 108 cm³/mol. The lowest BCUT2D eigenvalue weighted by atomic mass is 9.96. The van der Waals surface area contributed by atoms with E-state index in [2.05, 4.69) is 0 Å². The number of halogens is 3. The summed E-state index contributed by atoms with van der Waals surface area (Å²) in [4.78, 5) is 14.2. The van der Waals surface area contributed by atoms with Crippen molar-refractivity contribution in [2.24, 2.45) is 0 Å². The van der Waals surface area contributed by atoms with Crippen LogP contribution < -0.4 is 4.74 Å².